The molecule has 0 bridgehead atoms. The van der Waals surface area contributed by atoms with Gasteiger partial charge in [0.2, 0.25) is 0 Å². The van der Waals surface area contributed by atoms with Gasteiger partial charge in [0.15, 0.2) is 0 Å². The summed E-state index contributed by atoms with van der Waals surface area (Å²) < 4.78 is 0.482. The molecule has 2 N–H and O–H groups in total. The number of carbonyl (C=O) groups is 2. The molecule has 0 radical (unpaired) electrons. The van der Waals surface area contributed by atoms with Gasteiger partial charge >= 0.3 is 112 Å². The predicted molar refractivity (Wildman–Crippen MR) is 93.4 cm³/mol. The zero-order chi connectivity index (χ0) is 17.1. The van der Waals surface area contributed by atoms with E-state index >= 15 is 0 Å². The van der Waals surface area contributed by atoms with Gasteiger partial charge in [0, 0.05) is 0 Å². The maximum atomic E-state index is 10.8. The average Bonchev–Trinajstić information content (AvgIpc) is 2.45. The second kappa shape index (κ2) is 21.1. The van der Waals surface area contributed by atoms with E-state index in [1.54, 1.807) is 7.05 Å². The Bertz CT molecular complexity index is 260. The molecule has 4 nitrogen and oxygen atoms in total. The first-order chi connectivity index (χ1) is 10.5. The standard InChI is InChI=1S/C14H27O.C3H7NO2.Na/c1-2-3-4-5-6-7-8-9-10-11-12-13-14-15;1-4-2-3(5)6;/h2-13H2,1H3;4H,2H2,1H3,(H,5,6);. The van der Waals surface area contributed by atoms with Gasteiger partial charge in [0.25, 0.3) is 0 Å². The van der Waals surface area contributed by atoms with Crippen LogP contribution in [0, 0.1) is 0 Å². The molecule has 0 unspecified atom stereocenters. The fourth-order valence-corrected chi connectivity index (χ4v) is 2.54. The van der Waals surface area contributed by atoms with Crippen LogP contribution < -0.4 is 5.32 Å². The van der Waals surface area contributed by atoms with Crippen molar-refractivity contribution in [2.45, 2.75) is 84.0 Å². The normalized spacial score (nSPS) is 10.0. The molecule has 0 aromatic rings. The van der Waals surface area contributed by atoms with E-state index in [2.05, 4.69) is 12.2 Å². The van der Waals surface area contributed by atoms with Gasteiger partial charge in [-0.25, -0.2) is 0 Å². The molecule has 0 aliphatic rings. The molecular weight excluding hydrogens is 289 g/mol. The molecule has 0 aromatic carbocycles. The predicted octanol–water partition coefficient (Wildman–Crippen LogP) is 3.67. The Morgan fingerprint density at radius 2 is 1.27 bits per heavy atom. The third kappa shape index (κ3) is 28.3. The van der Waals surface area contributed by atoms with Gasteiger partial charge in [-0.1, -0.05) is 13.3 Å². The molecule has 0 spiro atoms. The van der Waals surface area contributed by atoms with Crippen LogP contribution in [0.15, 0.2) is 0 Å². The summed E-state index contributed by atoms with van der Waals surface area (Å²) >= 11 is 0.751. The van der Waals surface area contributed by atoms with E-state index in [-0.39, 0.29) is 6.54 Å². The summed E-state index contributed by atoms with van der Waals surface area (Å²) in [5.74, 6) is -0.822. The quantitative estimate of drug-likeness (QED) is 0.378. The van der Waals surface area contributed by atoms with Crippen molar-refractivity contribution in [3.8, 4) is 0 Å². The zero-order valence-electron chi connectivity index (χ0n) is 15.0. The molecule has 0 atom stereocenters. The van der Waals surface area contributed by atoms with Gasteiger partial charge in [0.05, 0.1) is 6.54 Å². The Morgan fingerprint density at radius 1 is 0.864 bits per heavy atom. The number of nitrogens with one attached hydrogen (secondary N) is 1. The molecule has 0 saturated heterocycles. The van der Waals surface area contributed by atoms with Gasteiger partial charge < -0.3 is 10.4 Å². The SMILES string of the molecule is CCCCCCCCCCCCC[C](=O)[Na].CNCC(=O)O. The third-order valence-electron chi connectivity index (χ3n) is 3.46. The molecule has 5 heteroatoms. The van der Waals surface area contributed by atoms with Crippen LogP contribution in [0.2, 0.25) is 0 Å². The molecule has 0 aliphatic carbocycles. The van der Waals surface area contributed by atoms with Crippen LogP contribution in [0.3, 0.4) is 0 Å². The monoisotopic (exact) mass is 323 g/mol. The van der Waals surface area contributed by atoms with Crippen molar-refractivity contribution in [2.75, 3.05) is 13.6 Å². The van der Waals surface area contributed by atoms with Crippen molar-refractivity contribution in [3.05, 3.63) is 0 Å². The maximum absolute atomic E-state index is 10.8. The number of rotatable bonds is 14. The van der Waals surface area contributed by atoms with Crippen molar-refractivity contribution in [2.24, 2.45) is 0 Å². The number of hydrogen-bond acceptors (Lipinski definition) is 3. The Morgan fingerprint density at radius 3 is 1.55 bits per heavy atom. The first-order valence-electron chi connectivity index (χ1n) is 8.90. The molecule has 0 saturated carbocycles. The van der Waals surface area contributed by atoms with E-state index in [1.165, 1.54) is 64.2 Å². The van der Waals surface area contributed by atoms with Crippen molar-refractivity contribution in [3.63, 3.8) is 0 Å². The van der Waals surface area contributed by atoms with Gasteiger partial charge in [0.1, 0.15) is 0 Å². The zero-order valence-corrected chi connectivity index (χ0v) is 17.0. The molecule has 0 aliphatic heterocycles. The van der Waals surface area contributed by atoms with Crippen LogP contribution in [0.5, 0.6) is 0 Å². The summed E-state index contributed by atoms with van der Waals surface area (Å²) in [6, 6.07) is 0. The molecule has 0 heterocycles. The minimum absolute atomic E-state index is 0.0417. The Hall–Kier alpha value is 0.1000. The number of carboxylic acid groups (broad SMARTS) is 1. The largest absolute Gasteiger partial charge is 0.480 e. The van der Waals surface area contributed by atoms with Crippen molar-refractivity contribution < 1.29 is 14.7 Å². The molecule has 126 valence electrons. The van der Waals surface area contributed by atoms with Crippen LogP contribution in [0.25, 0.3) is 0 Å². The van der Waals surface area contributed by atoms with E-state index in [4.69, 9.17) is 5.11 Å². The summed E-state index contributed by atoms with van der Waals surface area (Å²) in [6.07, 6.45) is 15.8. The summed E-state index contributed by atoms with van der Waals surface area (Å²) in [4.78, 5) is 20.3. The van der Waals surface area contributed by atoms with Gasteiger partial charge in [-0.2, -0.15) is 0 Å². The minimum atomic E-state index is -0.822. The molecular formula is C17H34NNaO3. The Kier molecular flexibility index (Phi) is 23.4. The van der Waals surface area contributed by atoms with Gasteiger partial charge in [-0.15, -0.1) is 0 Å². The van der Waals surface area contributed by atoms with E-state index in [0.29, 0.717) is 3.03 Å². The summed E-state index contributed by atoms with van der Waals surface area (Å²) in [5.41, 5.74) is 0. The van der Waals surface area contributed by atoms with Crippen molar-refractivity contribution in [1.82, 2.24) is 5.32 Å². The van der Waals surface area contributed by atoms with Crippen molar-refractivity contribution in [1.29, 1.82) is 0 Å². The molecule has 0 aromatic heterocycles. The number of carbonyl (C=O) groups excluding carboxylic acids is 1. The van der Waals surface area contributed by atoms with E-state index < -0.39 is 5.97 Å². The summed E-state index contributed by atoms with van der Waals surface area (Å²) in [5, 5.41) is 10.3. The van der Waals surface area contributed by atoms with Crippen LogP contribution in [-0.4, -0.2) is 55.6 Å². The summed E-state index contributed by atoms with van der Waals surface area (Å²) in [6.45, 7) is 2.31. The average molecular weight is 323 g/mol. The van der Waals surface area contributed by atoms with E-state index in [9.17, 15) is 9.59 Å². The maximum Gasteiger partial charge on any atom is 0.317 e. The van der Waals surface area contributed by atoms with Gasteiger partial charge in [-0.05, 0) is 7.05 Å². The number of carboxylic acids is 1. The molecule has 0 fully saturated rings. The van der Waals surface area contributed by atoms with E-state index in [1.807, 2.05) is 0 Å². The molecule has 0 amide bonds. The number of likely N-dealkylation sites (N-methyl/N-ethyl adjacent to an activating group) is 1. The first kappa shape index (κ1) is 24.4. The third-order valence-corrected chi connectivity index (χ3v) is 3.96. The van der Waals surface area contributed by atoms with Crippen LogP contribution in [-0.2, 0) is 9.59 Å². The van der Waals surface area contributed by atoms with E-state index in [0.717, 1.165) is 40.8 Å². The molecule has 22 heavy (non-hydrogen) atoms. The second-order valence-electron chi connectivity index (χ2n) is 5.91. The Balaban J connectivity index is 0. The van der Waals surface area contributed by atoms with Crippen LogP contribution in [0.4, 0.5) is 0 Å². The number of hydrogen-bond donors (Lipinski definition) is 2. The minimum Gasteiger partial charge on any atom is -0.480 e. The van der Waals surface area contributed by atoms with Crippen molar-refractivity contribution >= 4 is 36.9 Å². The summed E-state index contributed by atoms with van der Waals surface area (Å²) in [7, 11) is 1.59. The fourth-order valence-electron chi connectivity index (χ4n) is 2.19. The number of unbranched alkanes of at least 4 members (excludes halogenated alkanes) is 10. The van der Waals surface area contributed by atoms with Gasteiger partial charge in [-0.3, -0.25) is 4.79 Å². The van der Waals surface area contributed by atoms with Crippen LogP contribution >= 0.6 is 0 Å². The smallest absolute Gasteiger partial charge is 0.317 e. The van der Waals surface area contributed by atoms with Crippen LogP contribution in [0.1, 0.15) is 84.0 Å². The molecule has 0 rings (SSSR count). The topological polar surface area (TPSA) is 66.4 Å². The fraction of sp³-hybridized carbons (Fsp3) is 0.882. The Labute approximate surface area is 154 Å². The number of aliphatic carboxylic acids is 1. The first-order valence-corrected chi connectivity index (χ1v) is 9.90. The second-order valence-corrected chi connectivity index (χ2v) is 7.03.